The molecule has 2 bridgehead atoms. The number of primary amides is 2. The number of ketones is 2. The number of rotatable bonds is 8. The number of amides is 3. The summed E-state index contributed by atoms with van der Waals surface area (Å²) in [5.41, 5.74) is 12.1. The van der Waals surface area contributed by atoms with Crippen molar-refractivity contribution < 1.29 is 42.9 Å². The Morgan fingerprint density at radius 1 is 1.02 bits per heavy atom. The zero-order valence-electron chi connectivity index (χ0n) is 28.7. The van der Waals surface area contributed by atoms with Crippen molar-refractivity contribution in [2.24, 2.45) is 23.3 Å². The quantitative estimate of drug-likeness (QED) is 0.220. The second-order valence-electron chi connectivity index (χ2n) is 12.4. The van der Waals surface area contributed by atoms with Crippen molar-refractivity contribution in [3.05, 3.63) is 46.3 Å². The van der Waals surface area contributed by atoms with Crippen molar-refractivity contribution >= 4 is 29.7 Å². The van der Waals surface area contributed by atoms with Crippen molar-refractivity contribution in [1.29, 1.82) is 0 Å². The fraction of sp³-hybridized carbons (Fsp3) is 0.606. The summed E-state index contributed by atoms with van der Waals surface area (Å²) in [6.45, 7) is 8.05. The van der Waals surface area contributed by atoms with E-state index in [1.165, 1.54) is 14.2 Å². The molecule has 1 aliphatic carbocycles. The molecule has 6 N–H and O–H groups in total. The van der Waals surface area contributed by atoms with Crippen LogP contribution in [-0.4, -0.2) is 100 Å². The van der Waals surface area contributed by atoms with Crippen LogP contribution in [0.4, 0.5) is 9.59 Å². The summed E-state index contributed by atoms with van der Waals surface area (Å²) in [6.07, 6.45) is 0.609. The number of methoxy groups -OCH3 is 2. The monoisotopic (exact) mass is 661 g/mol. The molecule has 0 unspecified atom stereocenters. The van der Waals surface area contributed by atoms with E-state index in [1.807, 2.05) is 25.9 Å². The summed E-state index contributed by atoms with van der Waals surface area (Å²) in [4.78, 5) is 66.2. The predicted octanol–water partition coefficient (Wildman–Crippen LogP) is 2.24. The fourth-order valence-corrected chi connectivity index (χ4v) is 5.79. The van der Waals surface area contributed by atoms with E-state index in [-0.39, 0.29) is 29.3 Å². The molecule has 0 spiro atoms. The van der Waals surface area contributed by atoms with Crippen LogP contribution < -0.4 is 22.1 Å². The van der Waals surface area contributed by atoms with E-state index in [2.05, 4.69) is 10.6 Å². The number of Topliss-reactive ketones (excluding diaryl/α,β-unsaturated/α-hetero) is 1. The van der Waals surface area contributed by atoms with Crippen molar-refractivity contribution in [2.75, 3.05) is 41.4 Å². The van der Waals surface area contributed by atoms with Gasteiger partial charge in [0.1, 0.15) is 6.10 Å². The molecule has 0 aromatic heterocycles. The van der Waals surface area contributed by atoms with E-state index in [0.29, 0.717) is 43.5 Å². The van der Waals surface area contributed by atoms with Crippen molar-refractivity contribution in [3.63, 3.8) is 0 Å². The number of nitrogens with one attached hydrogen (secondary N) is 2. The Morgan fingerprint density at radius 2 is 1.66 bits per heavy atom. The van der Waals surface area contributed by atoms with Gasteiger partial charge in [-0.1, -0.05) is 26.0 Å². The maximum Gasteiger partial charge on any atom is 0.405 e. The van der Waals surface area contributed by atoms with Gasteiger partial charge in [-0.3, -0.25) is 14.4 Å². The van der Waals surface area contributed by atoms with Gasteiger partial charge in [0.15, 0.2) is 6.10 Å². The lowest BCUT2D eigenvalue weighted by molar-refractivity contribution is -0.120. The first kappa shape index (κ1) is 39.2. The molecule has 0 aromatic rings. The Hall–Kier alpha value is -4.01. The number of hydrogen-bond donors (Lipinski definition) is 4. The zero-order valence-corrected chi connectivity index (χ0v) is 28.7. The molecule has 47 heavy (non-hydrogen) atoms. The van der Waals surface area contributed by atoms with Crippen LogP contribution in [0.15, 0.2) is 46.3 Å². The molecule has 2 aliphatic rings. The lowest BCUT2D eigenvalue weighted by Gasteiger charge is -2.32. The number of carbonyl (C=O) groups excluding carboxylic acids is 5. The molecule has 0 aromatic carbocycles. The van der Waals surface area contributed by atoms with E-state index in [1.54, 1.807) is 32.9 Å². The van der Waals surface area contributed by atoms with Gasteiger partial charge in [0.2, 0.25) is 11.6 Å². The second kappa shape index (κ2) is 18.4. The minimum absolute atomic E-state index is 0.123. The number of nitrogens with two attached hydrogens (primary N) is 2. The summed E-state index contributed by atoms with van der Waals surface area (Å²) in [5, 5.41) is 5.74. The molecule has 1 heterocycles. The number of nitrogens with zero attached hydrogens (tertiary/aromatic N) is 1. The van der Waals surface area contributed by atoms with Gasteiger partial charge in [0, 0.05) is 50.4 Å². The topological polar surface area (TPSA) is 202 Å². The van der Waals surface area contributed by atoms with Crippen LogP contribution in [0.2, 0.25) is 0 Å². The highest BCUT2D eigenvalue weighted by molar-refractivity contribution is 6.23. The van der Waals surface area contributed by atoms with Gasteiger partial charge >= 0.3 is 12.2 Å². The summed E-state index contributed by atoms with van der Waals surface area (Å²) in [7, 11) is 6.73. The molecule has 14 nitrogen and oxygen atoms in total. The van der Waals surface area contributed by atoms with Gasteiger partial charge in [-0.15, -0.1) is 0 Å². The highest BCUT2D eigenvalue weighted by atomic mass is 16.6. The van der Waals surface area contributed by atoms with E-state index < -0.39 is 60.0 Å². The third kappa shape index (κ3) is 11.6. The third-order valence-corrected chi connectivity index (χ3v) is 8.20. The lowest BCUT2D eigenvalue weighted by Crippen LogP contribution is -2.41. The fourth-order valence-electron chi connectivity index (χ4n) is 5.79. The summed E-state index contributed by atoms with van der Waals surface area (Å²) in [6, 6.07) is 0. The molecule has 0 fully saturated rings. The van der Waals surface area contributed by atoms with E-state index in [9.17, 15) is 24.0 Å². The average molecular weight is 662 g/mol. The minimum atomic E-state index is -1.00. The summed E-state index contributed by atoms with van der Waals surface area (Å²) < 4.78 is 22.5. The molecule has 14 heteroatoms. The maximum absolute atomic E-state index is 13.8. The number of fused-ring (bicyclic) bond motifs is 2. The molecular formula is C33H51N5O9. The van der Waals surface area contributed by atoms with Crippen molar-refractivity contribution in [3.8, 4) is 0 Å². The summed E-state index contributed by atoms with van der Waals surface area (Å²) in [5.74, 6) is -2.20. The molecular weight excluding hydrogens is 610 g/mol. The molecule has 1 aliphatic heterocycles. The molecule has 2 rings (SSSR count). The van der Waals surface area contributed by atoms with E-state index in [4.69, 9.17) is 30.4 Å². The van der Waals surface area contributed by atoms with E-state index in [0.717, 1.165) is 6.08 Å². The number of allylic oxidation sites excluding steroid dienone is 3. The molecule has 0 radical (unpaired) electrons. The SMILES string of the molecule is CO[C@H]1C[C@H](C)CC2=C(NCCN(C)C)C(=O)C=C(NC(=O)/C(C)=C/CC[C@H](OC)[C@@H](OC(N)=O)/C(C)=C/[C@H](C)[C@H]1OC(N)=O)C2=O. The Bertz CT molecular complexity index is 1300. The Morgan fingerprint density at radius 3 is 2.23 bits per heavy atom. The number of hydrogen-bond acceptors (Lipinski definition) is 11. The van der Waals surface area contributed by atoms with Crippen LogP contribution >= 0.6 is 0 Å². The van der Waals surface area contributed by atoms with Gasteiger partial charge in [-0.25, -0.2) is 9.59 Å². The van der Waals surface area contributed by atoms with Crippen LogP contribution in [0.25, 0.3) is 0 Å². The third-order valence-electron chi connectivity index (χ3n) is 8.20. The largest absolute Gasteiger partial charge is 0.443 e. The van der Waals surface area contributed by atoms with Crippen LogP contribution in [0.5, 0.6) is 0 Å². The van der Waals surface area contributed by atoms with Crippen LogP contribution in [0, 0.1) is 11.8 Å². The maximum atomic E-state index is 13.8. The smallest absolute Gasteiger partial charge is 0.405 e. The second-order valence-corrected chi connectivity index (χ2v) is 12.4. The van der Waals surface area contributed by atoms with Gasteiger partial charge < -0.3 is 45.9 Å². The highest BCUT2D eigenvalue weighted by Crippen LogP contribution is 2.30. The Kier molecular flexibility index (Phi) is 15.3. The van der Waals surface area contributed by atoms with Gasteiger partial charge in [-0.05, 0) is 65.1 Å². The Labute approximate surface area is 276 Å². The normalized spacial score (nSPS) is 29.2. The first-order valence-electron chi connectivity index (χ1n) is 15.7. The van der Waals surface area contributed by atoms with Crippen LogP contribution in [-0.2, 0) is 33.3 Å². The van der Waals surface area contributed by atoms with Crippen LogP contribution in [0.3, 0.4) is 0 Å². The average Bonchev–Trinajstić information content (AvgIpc) is 2.98. The molecule has 262 valence electrons. The number of likely N-dealkylation sites (N-methyl/N-ethyl adjacent to an activating group) is 1. The van der Waals surface area contributed by atoms with Gasteiger partial charge in [0.05, 0.1) is 23.6 Å². The van der Waals surface area contributed by atoms with E-state index >= 15 is 0 Å². The molecule has 3 amide bonds. The zero-order chi connectivity index (χ0) is 35.4. The number of carbonyl (C=O) groups is 5. The Balaban J connectivity index is 2.65. The molecule has 0 saturated heterocycles. The first-order valence-corrected chi connectivity index (χ1v) is 15.7. The molecule has 0 saturated carbocycles. The van der Waals surface area contributed by atoms with Gasteiger partial charge in [-0.2, -0.15) is 0 Å². The lowest BCUT2D eigenvalue weighted by atomic mass is 9.85. The summed E-state index contributed by atoms with van der Waals surface area (Å²) >= 11 is 0. The van der Waals surface area contributed by atoms with Crippen LogP contribution in [0.1, 0.15) is 53.4 Å². The predicted molar refractivity (Wildman–Crippen MR) is 175 cm³/mol. The standard InChI is InChI=1S/C33H51N5O9/c1-18-14-22-27(36-12-13-38(5)6)24(39)17-23(28(22)40)37-31(41)19(2)10-9-11-25(44-7)29(46-32(34)42)20(3)16-21(4)30(47-33(35)43)26(15-18)45-8/h10,16-18,21,25-26,29-30,36H,9,11-15H2,1-8H3,(H2,34,42)(H2,35,43)(H,37,41)/b19-10+,20-16+/t18-,21+,25+,26+,29+,30-/m1/s1. The minimum Gasteiger partial charge on any atom is -0.443 e. The highest BCUT2D eigenvalue weighted by Gasteiger charge is 2.35. The first-order chi connectivity index (χ1) is 22.1. The van der Waals surface area contributed by atoms with Gasteiger partial charge in [0.25, 0.3) is 5.91 Å². The van der Waals surface area contributed by atoms with Crippen molar-refractivity contribution in [2.45, 2.75) is 77.8 Å². The van der Waals surface area contributed by atoms with Crippen molar-refractivity contribution in [1.82, 2.24) is 15.5 Å². The molecule has 6 atom stereocenters. The number of ether oxygens (including phenoxy) is 4.